The number of pyridine rings is 1. The van der Waals surface area contributed by atoms with Crippen LogP contribution < -0.4 is 15.2 Å². The van der Waals surface area contributed by atoms with Crippen molar-refractivity contribution >= 4 is 5.69 Å². The van der Waals surface area contributed by atoms with Crippen molar-refractivity contribution in [3.05, 3.63) is 11.8 Å². The number of nitriles is 1. The zero-order valence-electron chi connectivity index (χ0n) is 8.00. The van der Waals surface area contributed by atoms with Crippen LogP contribution in [0.25, 0.3) is 0 Å². The van der Waals surface area contributed by atoms with Crippen molar-refractivity contribution in [1.82, 2.24) is 4.98 Å². The first kappa shape index (κ1) is 11.9. The van der Waals surface area contributed by atoms with Gasteiger partial charge in [0.25, 0.3) is 5.88 Å². The molecule has 0 unspecified atom stereocenters. The Hall–Kier alpha value is -2.17. The second-order valence-electron chi connectivity index (χ2n) is 2.58. The predicted octanol–water partition coefficient (Wildman–Crippen LogP) is 1.44. The van der Waals surface area contributed by atoms with Crippen molar-refractivity contribution in [3.63, 3.8) is 0 Å². The number of nitrogen functional groups attached to an aromatic ring is 1. The van der Waals surface area contributed by atoms with Crippen LogP contribution >= 0.6 is 0 Å². The molecule has 0 aromatic carbocycles. The van der Waals surface area contributed by atoms with Crippen LogP contribution in [0.1, 0.15) is 5.56 Å². The number of hydrogen-bond donors (Lipinski definition) is 1. The van der Waals surface area contributed by atoms with Gasteiger partial charge in [-0.3, -0.25) is 0 Å². The van der Waals surface area contributed by atoms with E-state index in [2.05, 4.69) is 14.5 Å². The minimum absolute atomic E-state index is 0.0913. The average Bonchev–Trinajstić information content (AvgIpc) is 2.16. The van der Waals surface area contributed by atoms with Gasteiger partial charge < -0.3 is 15.2 Å². The van der Waals surface area contributed by atoms with Crippen LogP contribution in [0.2, 0.25) is 0 Å². The van der Waals surface area contributed by atoms with Crippen LogP contribution in [0, 0.1) is 11.3 Å². The largest absolute Gasteiger partial charge is 0.574 e. The second kappa shape index (κ2) is 4.14. The normalized spacial score (nSPS) is 10.7. The molecular weight excluding hydrogens is 227 g/mol. The van der Waals surface area contributed by atoms with Crippen LogP contribution in [-0.4, -0.2) is 18.5 Å². The highest BCUT2D eigenvalue weighted by molar-refractivity contribution is 5.65. The predicted molar refractivity (Wildman–Crippen MR) is 46.6 cm³/mol. The summed E-state index contributed by atoms with van der Waals surface area (Å²) >= 11 is 0. The molecule has 0 saturated carbocycles. The number of nitrogens with zero attached hydrogens (tertiary/aromatic N) is 2. The molecule has 5 nitrogen and oxygen atoms in total. The summed E-state index contributed by atoms with van der Waals surface area (Å²) in [5.74, 6) is -1.25. The number of nitrogens with two attached hydrogens (primary N) is 1. The van der Waals surface area contributed by atoms with Gasteiger partial charge in [0.15, 0.2) is 0 Å². The third kappa shape index (κ3) is 2.44. The number of methoxy groups -OCH3 is 1. The molecule has 1 aromatic rings. The third-order valence-electron chi connectivity index (χ3n) is 1.58. The van der Waals surface area contributed by atoms with Gasteiger partial charge in [-0.1, -0.05) is 0 Å². The standard InChI is InChI=1S/C8H6F3N3O2/c1-15-6-5(13)4(2-12)3-14-7(6)16-8(9,10)11/h3H,1H3,(H2,13,14). The first-order valence-corrected chi connectivity index (χ1v) is 3.87. The highest BCUT2D eigenvalue weighted by Gasteiger charge is 2.34. The molecule has 0 atom stereocenters. The Morgan fingerprint density at radius 2 is 2.12 bits per heavy atom. The number of aromatic nitrogens is 1. The van der Waals surface area contributed by atoms with Gasteiger partial charge in [-0.05, 0) is 0 Å². The molecule has 2 N–H and O–H groups in total. The number of rotatable bonds is 2. The number of hydrogen-bond acceptors (Lipinski definition) is 5. The van der Waals surface area contributed by atoms with Gasteiger partial charge in [0, 0.05) is 0 Å². The Bertz CT molecular complexity index is 439. The molecule has 1 rings (SSSR count). The Balaban J connectivity index is 3.22. The summed E-state index contributed by atoms with van der Waals surface area (Å²) in [7, 11) is 1.10. The van der Waals surface area contributed by atoms with Crippen LogP contribution in [0.15, 0.2) is 6.20 Å². The SMILES string of the molecule is COc1c(OC(F)(F)F)ncc(C#N)c1N. The molecule has 0 radical (unpaired) electrons. The molecule has 0 aliphatic rings. The van der Waals surface area contributed by atoms with E-state index in [0.717, 1.165) is 13.3 Å². The van der Waals surface area contributed by atoms with Gasteiger partial charge in [-0.2, -0.15) is 5.26 Å². The van der Waals surface area contributed by atoms with Gasteiger partial charge in [0.2, 0.25) is 5.75 Å². The van der Waals surface area contributed by atoms with Crippen molar-refractivity contribution in [2.45, 2.75) is 6.36 Å². The lowest BCUT2D eigenvalue weighted by Crippen LogP contribution is -2.19. The molecule has 0 aliphatic carbocycles. The van der Waals surface area contributed by atoms with Crippen LogP contribution in [0.4, 0.5) is 18.9 Å². The zero-order valence-corrected chi connectivity index (χ0v) is 8.00. The van der Waals surface area contributed by atoms with E-state index in [1.807, 2.05) is 0 Å². The smallest absolute Gasteiger partial charge is 0.490 e. The summed E-state index contributed by atoms with van der Waals surface area (Å²) in [6.07, 6.45) is -4.03. The van der Waals surface area contributed by atoms with Crippen molar-refractivity contribution in [2.75, 3.05) is 12.8 Å². The molecule has 86 valence electrons. The lowest BCUT2D eigenvalue weighted by atomic mass is 10.2. The summed E-state index contributed by atoms with van der Waals surface area (Å²) in [5.41, 5.74) is 5.05. The fourth-order valence-corrected chi connectivity index (χ4v) is 0.958. The first-order valence-electron chi connectivity index (χ1n) is 3.87. The van der Waals surface area contributed by atoms with E-state index < -0.39 is 18.0 Å². The Labute approximate surface area is 88.2 Å². The molecule has 8 heteroatoms. The molecule has 1 heterocycles. The fourth-order valence-electron chi connectivity index (χ4n) is 0.958. The number of ether oxygens (including phenoxy) is 2. The maximum atomic E-state index is 11.9. The van der Waals surface area contributed by atoms with Gasteiger partial charge >= 0.3 is 6.36 Å². The van der Waals surface area contributed by atoms with Crippen LogP contribution in [-0.2, 0) is 0 Å². The highest BCUT2D eigenvalue weighted by atomic mass is 19.4. The molecule has 0 fully saturated rings. The van der Waals surface area contributed by atoms with Crippen molar-refractivity contribution in [3.8, 4) is 17.7 Å². The summed E-state index contributed by atoms with van der Waals surface area (Å²) in [6, 6.07) is 1.66. The highest BCUT2D eigenvalue weighted by Crippen LogP contribution is 2.36. The maximum absolute atomic E-state index is 11.9. The van der Waals surface area contributed by atoms with Gasteiger partial charge in [-0.25, -0.2) is 4.98 Å². The number of anilines is 1. The van der Waals surface area contributed by atoms with Crippen molar-refractivity contribution in [2.24, 2.45) is 0 Å². The monoisotopic (exact) mass is 233 g/mol. The number of alkyl halides is 3. The third-order valence-corrected chi connectivity index (χ3v) is 1.58. The van der Waals surface area contributed by atoms with E-state index in [-0.39, 0.29) is 11.3 Å². The minimum atomic E-state index is -4.90. The van der Waals surface area contributed by atoms with Gasteiger partial charge in [0.05, 0.1) is 24.6 Å². The quantitative estimate of drug-likeness (QED) is 0.835. The summed E-state index contributed by atoms with van der Waals surface area (Å²) in [4.78, 5) is 3.30. The molecule has 0 bridgehead atoms. The first-order chi connectivity index (χ1) is 7.39. The maximum Gasteiger partial charge on any atom is 0.574 e. The minimum Gasteiger partial charge on any atom is -0.490 e. The Morgan fingerprint density at radius 3 is 2.56 bits per heavy atom. The summed E-state index contributed by atoms with van der Waals surface area (Å²) < 4.78 is 44.0. The van der Waals surface area contributed by atoms with E-state index in [1.54, 1.807) is 6.07 Å². The van der Waals surface area contributed by atoms with E-state index >= 15 is 0 Å². The average molecular weight is 233 g/mol. The molecule has 0 aliphatic heterocycles. The topological polar surface area (TPSA) is 81.2 Å². The number of halogens is 3. The van der Waals surface area contributed by atoms with E-state index in [1.165, 1.54) is 0 Å². The summed E-state index contributed by atoms with van der Waals surface area (Å²) in [6.45, 7) is 0. The van der Waals surface area contributed by atoms with Crippen LogP contribution in [0.5, 0.6) is 11.6 Å². The van der Waals surface area contributed by atoms with Gasteiger partial charge in [0.1, 0.15) is 6.07 Å². The van der Waals surface area contributed by atoms with Crippen LogP contribution in [0.3, 0.4) is 0 Å². The van der Waals surface area contributed by atoms with Gasteiger partial charge in [-0.15, -0.1) is 13.2 Å². The Kier molecular flexibility index (Phi) is 3.08. The van der Waals surface area contributed by atoms with E-state index in [9.17, 15) is 13.2 Å². The molecule has 1 aromatic heterocycles. The fraction of sp³-hybridized carbons (Fsp3) is 0.250. The van der Waals surface area contributed by atoms with Crippen molar-refractivity contribution in [1.29, 1.82) is 5.26 Å². The Morgan fingerprint density at radius 1 is 1.50 bits per heavy atom. The zero-order chi connectivity index (χ0) is 12.3. The lowest BCUT2D eigenvalue weighted by Gasteiger charge is -2.13. The molecule has 0 spiro atoms. The lowest BCUT2D eigenvalue weighted by molar-refractivity contribution is -0.276. The van der Waals surface area contributed by atoms with E-state index in [4.69, 9.17) is 11.0 Å². The second-order valence-corrected chi connectivity index (χ2v) is 2.58. The molecular formula is C8H6F3N3O2. The molecule has 0 saturated heterocycles. The summed E-state index contributed by atoms with van der Waals surface area (Å²) in [5, 5.41) is 8.57. The molecule has 16 heavy (non-hydrogen) atoms. The van der Waals surface area contributed by atoms with E-state index in [0.29, 0.717) is 0 Å². The van der Waals surface area contributed by atoms with Crippen molar-refractivity contribution < 1.29 is 22.6 Å². The molecule has 0 amide bonds.